The van der Waals surface area contributed by atoms with Crippen LogP contribution in [0.4, 0.5) is 0 Å². The zero-order valence-corrected chi connectivity index (χ0v) is 8.85. The molecule has 5 nitrogen and oxygen atoms in total. The Morgan fingerprint density at radius 1 is 1.60 bits per heavy atom. The van der Waals surface area contributed by atoms with Crippen molar-refractivity contribution in [3.05, 3.63) is 12.2 Å². The first-order valence-corrected chi connectivity index (χ1v) is 5.27. The largest absolute Gasteiger partial charge is 0.463 e. The van der Waals surface area contributed by atoms with Crippen molar-refractivity contribution in [1.29, 1.82) is 0 Å². The molecular weight excluding hydrogens is 194 g/mol. The fraction of sp³-hybridized carbons (Fsp3) is 0.700. The first-order valence-electron chi connectivity index (χ1n) is 5.27. The molecular formula is C10H15N3O2. The highest BCUT2D eigenvalue weighted by atomic mass is 16.5. The summed E-state index contributed by atoms with van der Waals surface area (Å²) in [6.45, 7) is 0.865. The second-order valence-electron chi connectivity index (χ2n) is 3.93. The molecule has 1 aliphatic carbocycles. The van der Waals surface area contributed by atoms with E-state index >= 15 is 0 Å². The molecule has 0 amide bonds. The number of esters is 1. The quantitative estimate of drug-likeness (QED) is 0.703. The average Bonchev–Trinajstić information content (AvgIpc) is 2.88. The van der Waals surface area contributed by atoms with E-state index in [0.29, 0.717) is 5.92 Å². The van der Waals surface area contributed by atoms with E-state index in [9.17, 15) is 4.79 Å². The summed E-state index contributed by atoms with van der Waals surface area (Å²) in [5, 5.41) is 4.08. The molecule has 1 saturated carbocycles. The van der Waals surface area contributed by atoms with Crippen LogP contribution in [0.1, 0.15) is 36.3 Å². The first-order chi connectivity index (χ1) is 7.29. The molecule has 1 aliphatic rings. The van der Waals surface area contributed by atoms with E-state index in [1.165, 1.54) is 32.8 Å². The molecule has 1 heterocycles. The summed E-state index contributed by atoms with van der Waals surface area (Å²) in [5.41, 5.74) is 0. The Hall–Kier alpha value is -1.39. The van der Waals surface area contributed by atoms with E-state index in [-0.39, 0.29) is 5.82 Å². The van der Waals surface area contributed by atoms with E-state index in [1.807, 2.05) is 0 Å². The molecule has 0 spiro atoms. The Morgan fingerprint density at radius 2 is 2.33 bits per heavy atom. The highest BCUT2D eigenvalue weighted by molar-refractivity contribution is 5.84. The average molecular weight is 209 g/mol. The lowest BCUT2D eigenvalue weighted by atomic mass is 10.1. The van der Waals surface area contributed by atoms with Crippen LogP contribution in [-0.4, -0.2) is 27.8 Å². The van der Waals surface area contributed by atoms with Crippen molar-refractivity contribution in [2.24, 2.45) is 5.92 Å². The van der Waals surface area contributed by atoms with Crippen LogP contribution in [0.25, 0.3) is 0 Å². The predicted octanol–water partition coefficient (Wildman–Crippen LogP) is 1.25. The lowest BCUT2D eigenvalue weighted by Crippen LogP contribution is -2.10. The van der Waals surface area contributed by atoms with Crippen LogP contribution in [0.15, 0.2) is 6.33 Å². The van der Waals surface area contributed by atoms with Gasteiger partial charge in [0.15, 0.2) is 0 Å². The monoisotopic (exact) mass is 209 g/mol. The van der Waals surface area contributed by atoms with Gasteiger partial charge in [-0.05, 0) is 18.8 Å². The molecule has 0 saturated heterocycles. The number of carbonyl (C=O) groups is 1. The van der Waals surface area contributed by atoms with E-state index in [4.69, 9.17) is 0 Å². The van der Waals surface area contributed by atoms with Crippen molar-refractivity contribution in [3.8, 4) is 0 Å². The van der Waals surface area contributed by atoms with Gasteiger partial charge >= 0.3 is 5.97 Å². The van der Waals surface area contributed by atoms with Gasteiger partial charge in [0, 0.05) is 6.54 Å². The normalized spacial score (nSPS) is 16.9. The maximum Gasteiger partial charge on any atom is 0.377 e. The summed E-state index contributed by atoms with van der Waals surface area (Å²) < 4.78 is 6.28. The van der Waals surface area contributed by atoms with E-state index in [2.05, 4.69) is 14.8 Å². The second kappa shape index (κ2) is 4.42. The van der Waals surface area contributed by atoms with Crippen molar-refractivity contribution in [3.63, 3.8) is 0 Å². The van der Waals surface area contributed by atoms with Gasteiger partial charge in [-0.15, -0.1) is 5.10 Å². The van der Waals surface area contributed by atoms with Crippen LogP contribution in [-0.2, 0) is 11.3 Å². The zero-order chi connectivity index (χ0) is 10.7. The highest BCUT2D eigenvalue weighted by Crippen LogP contribution is 2.25. The molecule has 15 heavy (non-hydrogen) atoms. The Kier molecular flexibility index (Phi) is 2.99. The third-order valence-electron chi connectivity index (χ3n) is 2.82. The second-order valence-corrected chi connectivity index (χ2v) is 3.93. The van der Waals surface area contributed by atoms with Gasteiger partial charge in [-0.2, -0.15) is 0 Å². The molecule has 1 aromatic rings. The van der Waals surface area contributed by atoms with Crippen LogP contribution < -0.4 is 0 Å². The SMILES string of the molecule is COC(=O)c1ncn(CC2CCCC2)n1. The topological polar surface area (TPSA) is 57.0 Å². The standard InChI is InChI=1S/C10H15N3O2/c1-15-10(14)9-11-7-13(12-9)6-8-4-2-3-5-8/h7-8H,2-6H2,1H3. The number of hydrogen-bond acceptors (Lipinski definition) is 4. The molecule has 0 atom stereocenters. The van der Waals surface area contributed by atoms with Gasteiger partial charge in [0.1, 0.15) is 6.33 Å². The third-order valence-corrected chi connectivity index (χ3v) is 2.82. The molecule has 2 rings (SSSR count). The summed E-state index contributed by atoms with van der Waals surface area (Å²) in [7, 11) is 1.33. The Morgan fingerprint density at radius 3 is 3.00 bits per heavy atom. The Balaban J connectivity index is 1.97. The van der Waals surface area contributed by atoms with Crippen molar-refractivity contribution in [2.45, 2.75) is 32.2 Å². The van der Waals surface area contributed by atoms with Gasteiger partial charge in [0.25, 0.3) is 5.82 Å². The molecule has 1 aromatic heterocycles. The molecule has 0 unspecified atom stereocenters. The molecule has 5 heteroatoms. The summed E-state index contributed by atoms with van der Waals surface area (Å²) in [6.07, 6.45) is 6.73. The van der Waals surface area contributed by atoms with Crippen molar-refractivity contribution >= 4 is 5.97 Å². The third kappa shape index (κ3) is 2.34. The van der Waals surface area contributed by atoms with E-state index in [0.717, 1.165) is 6.54 Å². The summed E-state index contributed by atoms with van der Waals surface area (Å²) >= 11 is 0. The Labute approximate surface area is 88.4 Å². The number of hydrogen-bond donors (Lipinski definition) is 0. The van der Waals surface area contributed by atoms with Gasteiger partial charge in [-0.1, -0.05) is 12.8 Å². The number of carbonyl (C=O) groups excluding carboxylic acids is 1. The minimum Gasteiger partial charge on any atom is -0.463 e. The van der Waals surface area contributed by atoms with Crippen molar-refractivity contribution in [1.82, 2.24) is 14.8 Å². The van der Waals surface area contributed by atoms with Crippen molar-refractivity contribution in [2.75, 3.05) is 7.11 Å². The zero-order valence-electron chi connectivity index (χ0n) is 8.85. The van der Waals surface area contributed by atoms with Crippen LogP contribution in [0.3, 0.4) is 0 Å². The predicted molar refractivity (Wildman–Crippen MR) is 53.3 cm³/mol. The maximum atomic E-state index is 11.1. The number of rotatable bonds is 3. The summed E-state index contributed by atoms with van der Waals surface area (Å²) in [5.74, 6) is 0.368. The lowest BCUT2D eigenvalue weighted by Gasteiger charge is -2.07. The highest BCUT2D eigenvalue weighted by Gasteiger charge is 2.17. The minimum absolute atomic E-state index is 0.149. The van der Waals surface area contributed by atoms with Crippen LogP contribution in [0.2, 0.25) is 0 Å². The Bertz CT molecular complexity index is 342. The van der Waals surface area contributed by atoms with Gasteiger partial charge < -0.3 is 4.74 Å². The fourth-order valence-corrected chi connectivity index (χ4v) is 2.02. The van der Waals surface area contributed by atoms with Crippen LogP contribution in [0, 0.1) is 5.92 Å². The maximum absolute atomic E-state index is 11.1. The number of aromatic nitrogens is 3. The van der Waals surface area contributed by atoms with Crippen LogP contribution in [0.5, 0.6) is 0 Å². The van der Waals surface area contributed by atoms with Gasteiger partial charge in [0.2, 0.25) is 0 Å². The molecule has 1 fully saturated rings. The smallest absolute Gasteiger partial charge is 0.377 e. The lowest BCUT2D eigenvalue weighted by molar-refractivity contribution is 0.0586. The molecule has 0 radical (unpaired) electrons. The fourth-order valence-electron chi connectivity index (χ4n) is 2.02. The van der Waals surface area contributed by atoms with E-state index < -0.39 is 5.97 Å². The van der Waals surface area contributed by atoms with Crippen LogP contribution >= 0.6 is 0 Å². The van der Waals surface area contributed by atoms with Gasteiger partial charge in [-0.3, -0.25) is 4.68 Å². The minimum atomic E-state index is -0.472. The summed E-state index contributed by atoms with van der Waals surface area (Å²) in [4.78, 5) is 15.0. The van der Waals surface area contributed by atoms with Crippen molar-refractivity contribution < 1.29 is 9.53 Å². The molecule has 0 bridgehead atoms. The molecule has 0 aromatic carbocycles. The van der Waals surface area contributed by atoms with E-state index in [1.54, 1.807) is 11.0 Å². The number of nitrogens with zero attached hydrogens (tertiary/aromatic N) is 3. The molecule has 0 N–H and O–H groups in total. The molecule has 0 aliphatic heterocycles. The number of ether oxygens (including phenoxy) is 1. The summed E-state index contributed by atoms with van der Waals surface area (Å²) in [6, 6.07) is 0. The van der Waals surface area contributed by atoms with Gasteiger partial charge in [0.05, 0.1) is 7.11 Å². The number of methoxy groups -OCH3 is 1. The van der Waals surface area contributed by atoms with Gasteiger partial charge in [-0.25, -0.2) is 9.78 Å². The first kappa shape index (κ1) is 10.1. The molecule has 82 valence electrons.